The molecule has 10 nitrogen and oxygen atoms in total. The number of aliphatic hydroxyl groups is 3. The van der Waals surface area contributed by atoms with Crippen molar-refractivity contribution in [1.82, 2.24) is 0 Å². The summed E-state index contributed by atoms with van der Waals surface area (Å²) < 4.78 is 35.5. The number of allylic oxidation sites excluding steroid dienone is 10. The van der Waals surface area contributed by atoms with Gasteiger partial charge < -0.3 is 43.7 Å². The second-order valence-corrected chi connectivity index (χ2v) is 15.3. The van der Waals surface area contributed by atoms with E-state index in [0.29, 0.717) is 0 Å². The Kier molecular flexibility index (Phi) is 19.6. The largest absolute Gasteiger partial charge is 0.469 e. The molecule has 0 radical (unpaired) electrons. The van der Waals surface area contributed by atoms with Crippen molar-refractivity contribution < 1.29 is 48.5 Å². The Bertz CT molecular complexity index is 1290. The number of hydrogen-bond acceptors (Lipinski definition) is 10. The van der Waals surface area contributed by atoms with Gasteiger partial charge in [-0.2, -0.15) is 0 Å². The van der Waals surface area contributed by atoms with Gasteiger partial charge in [-0.15, -0.1) is 0 Å². The molecule has 2 fully saturated rings. The molecule has 0 unspecified atom stereocenters. The van der Waals surface area contributed by atoms with Gasteiger partial charge in [-0.25, -0.2) is 0 Å². The Labute approximate surface area is 319 Å². The molecule has 0 aliphatic carbocycles. The third-order valence-corrected chi connectivity index (χ3v) is 11.4. The highest BCUT2D eigenvalue weighted by molar-refractivity contribution is 5.70. The lowest BCUT2D eigenvalue weighted by atomic mass is 9.73. The van der Waals surface area contributed by atoms with E-state index in [4.69, 9.17) is 23.7 Å². The fourth-order valence-electron chi connectivity index (χ4n) is 7.79. The maximum absolute atomic E-state index is 12.1. The quantitative estimate of drug-likeness (QED) is 0.0557. The van der Waals surface area contributed by atoms with Crippen LogP contribution < -0.4 is 0 Å². The number of rotatable bonds is 19. The van der Waals surface area contributed by atoms with Gasteiger partial charge in [0.15, 0.2) is 0 Å². The van der Waals surface area contributed by atoms with Gasteiger partial charge in [0, 0.05) is 57.8 Å². The zero-order valence-electron chi connectivity index (χ0n) is 34.3. The van der Waals surface area contributed by atoms with E-state index >= 15 is 0 Å². The van der Waals surface area contributed by atoms with E-state index in [9.17, 15) is 20.1 Å². The minimum Gasteiger partial charge on any atom is -0.469 e. The Morgan fingerprint density at radius 1 is 0.811 bits per heavy atom. The first-order valence-corrected chi connectivity index (χ1v) is 19.1. The van der Waals surface area contributed by atoms with Crippen LogP contribution in [0.15, 0.2) is 72.4 Å². The maximum Gasteiger partial charge on any atom is 0.308 e. The summed E-state index contributed by atoms with van der Waals surface area (Å²) in [6, 6.07) is 0. The molecule has 2 aliphatic heterocycles. The third-order valence-electron chi connectivity index (χ3n) is 11.4. The van der Waals surface area contributed by atoms with Gasteiger partial charge in [0.05, 0.1) is 50.2 Å². The molecule has 0 aromatic rings. The molecule has 2 heterocycles. The molecule has 2 aliphatic rings. The number of carbonyl (C=O) groups is 1. The van der Waals surface area contributed by atoms with Crippen LogP contribution in [0.2, 0.25) is 0 Å². The van der Waals surface area contributed by atoms with Crippen molar-refractivity contribution in [3.05, 3.63) is 72.4 Å². The fourth-order valence-corrected chi connectivity index (χ4v) is 7.79. The highest BCUT2D eigenvalue weighted by Gasteiger charge is 2.65. The van der Waals surface area contributed by atoms with Crippen molar-refractivity contribution in [2.45, 2.75) is 129 Å². The molecule has 53 heavy (non-hydrogen) atoms. The standard InChI is InChI=1S/C43H70O10/c1-13-28(2)24-30(4)39(46)34(8)41-32(6)36(49-10)27-43(53-41)42(47,51-12)26-31(5)40(52-43)33(7)38(45)29(3)22-20-18-16-14-15-17-19-21-23-35(48-9)25-37(44)50-11/h13-23,29-36,38-41,45-47H,24-27H2,1-12H3/b15-14-,18-16+,19-17+,22-20-,23-21-,28-13+/t29-,30-,31-,32-,33-,34+,35+,36+,38-,39-,40-,41-,42-,43-/m0/s1. The minimum atomic E-state index is -1.77. The molecule has 2 rings (SSSR count). The van der Waals surface area contributed by atoms with E-state index < -0.39 is 36.0 Å². The predicted molar refractivity (Wildman–Crippen MR) is 209 cm³/mol. The van der Waals surface area contributed by atoms with Gasteiger partial charge in [0.2, 0.25) is 11.6 Å². The molecule has 0 bridgehead atoms. The average molecular weight is 747 g/mol. The van der Waals surface area contributed by atoms with E-state index in [-0.39, 0.29) is 72.9 Å². The van der Waals surface area contributed by atoms with Crippen LogP contribution in [-0.2, 0) is 33.2 Å². The van der Waals surface area contributed by atoms with E-state index in [0.717, 1.165) is 6.42 Å². The monoisotopic (exact) mass is 746 g/mol. The van der Waals surface area contributed by atoms with Crippen molar-refractivity contribution in [1.29, 1.82) is 0 Å². The van der Waals surface area contributed by atoms with Crippen molar-refractivity contribution in [2.75, 3.05) is 28.4 Å². The normalized spacial score (nSPS) is 32.9. The van der Waals surface area contributed by atoms with Gasteiger partial charge >= 0.3 is 5.97 Å². The first-order valence-electron chi connectivity index (χ1n) is 19.1. The molecule has 302 valence electrons. The minimum absolute atomic E-state index is 0.00638. The molecule has 0 saturated carbocycles. The molecule has 0 amide bonds. The first-order chi connectivity index (χ1) is 25.0. The number of ether oxygens (including phenoxy) is 6. The zero-order chi connectivity index (χ0) is 39.9. The lowest BCUT2D eigenvalue weighted by Gasteiger charge is -2.59. The number of esters is 1. The molecule has 14 atom stereocenters. The topological polar surface area (TPSA) is 133 Å². The highest BCUT2D eigenvalue weighted by atomic mass is 16.8. The molecular weight excluding hydrogens is 676 g/mol. The van der Waals surface area contributed by atoms with Crippen molar-refractivity contribution in [3.8, 4) is 0 Å². The van der Waals surface area contributed by atoms with Crippen molar-refractivity contribution in [2.24, 2.45) is 35.5 Å². The summed E-state index contributed by atoms with van der Waals surface area (Å²) in [5, 5.41) is 35.2. The summed E-state index contributed by atoms with van der Waals surface area (Å²) in [4.78, 5) is 11.4. The lowest BCUT2D eigenvalue weighted by Crippen LogP contribution is -2.71. The van der Waals surface area contributed by atoms with Crippen LogP contribution in [0.4, 0.5) is 0 Å². The molecule has 0 aromatic heterocycles. The van der Waals surface area contributed by atoms with Gasteiger partial charge in [-0.1, -0.05) is 114 Å². The number of carbonyl (C=O) groups excluding carboxylic acids is 1. The average Bonchev–Trinajstić information content (AvgIpc) is 3.15. The lowest BCUT2D eigenvalue weighted by molar-refractivity contribution is -0.467. The number of methoxy groups -OCH3 is 4. The van der Waals surface area contributed by atoms with Crippen LogP contribution in [0.1, 0.15) is 81.1 Å². The van der Waals surface area contributed by atoms with Crippen molar-refractivity contribution >= 4 is 5.97 Å². The summed E-state index contributed by atoms with van der Waals surface area (Å²) in [5.41, 5.74) is 1.21. The summed E-state index contributed by atoms with van der Waals surface area (Å²) in [6.45, 7) is 16.1. The summed E-state index contributed by atoms with van der Waals surface area (Å²) >= 11 is 0. The van der Waals surface area contributed by atoms with E-state index in [1.165, 1.54) is 19.8 Å². The third kappa shape index (κ3) is 12.6. The van der Waals surface area contributed by atoms with Crippen LogP contribution in [0.25, 0.3) is 0 Å². The molecule has 10 heteroatoms. The second kappa shape index (κ2) is 22.2. The van der Waals surface area contributed by atoms with Crippen LogP contribution in [0, 0.1) is 35.5 Å². The van der Waals surface area contributed by atoms with Crippen LogP contribution in [-0.4, -0.2) is 97.9 Å². The van der Waals surface area contributed by atoms with Gasteiger partial charge in [0.25, 0.3) is 0 Å². The zero-order valence-corrected chi connectivity index (χ0v) is 34.3. The van der Waals surface area contributed by atoms with Crippen LogP contribution >= 0.6 is 0 Å². The van der Waals surface area contributed by atoms with E-state index in [1.54, 1.807) is 20.3 Å². The molecule has 2 saturated heterocycles. The summed E-state index contributed by atoms with van der Waals surface area (Å²) in [5.74, 6) is -4.74. The Hall–Kier alpha value is -2.41. The number of aliphatic hydroxyl groups excluding tert-OH is 2. The SMILES string of the molecule is C/C=C(\C)C[C@H](C)[C@H](O)[C@@H](C)[C@H]1O[C@]2(C[C@@H](OC)[C@@H]1C)O[C@H]([C@@H](C)[C@@H](O)[C@@H](C)\C=C/C=C/C=C\C=C\C=C/[C@H](CC(=O)OC)OC)[C@@H](C)C[C@]2(O)OC. The van der Waals surface area contributed by atoms with Gasteiger partial charge in [0.1, 0.15) is 0 Å². The summed E-state index contributed by atoms with van der Waals surface area (Å²) in [6.07, 6.45) is 19.2. The molecule has 1 spiro atoms. The number of hydrogen-bond donors (Lipinski definition) is 3. The van der Waals surface area contributed by atoms with Crippen LogP contribution in [0.5, 0.6) is 0 Å². The Morgan fingerprint density at radius 2 is 1.36 bits per heavy atom. The predicted octanol–water partition coefficient (Wildman–Crippen LogP) is 6.86. The van der Waals surface area contributed by atoms with E-state index in [2.05, 4.69) is 24.7 Å². The van der Waals surface area contributed by atoms with Crippen LogP contribution in [0.3, 0.4) is 0 Å². The van der Waals surface area contributed by atoms with Gasteiger partial charge in [-0.3, -0.25) is 4.79 Å². The maximum atomic E-state index is 12.1. The highest BCUT2D eigenvalue weighted by Crippen LogP contribution is 2.52. The Balaban J connectivity index is 2.17. The fraction of sp³-hybridized carbons (Fsp3) is 0.698. The van der Waals surface area contributed by atoms with Crippen molar-refractivity contribution in [3.63, 3.8) is 0 Å². The summed E-state index contributed by atoms with van der Waals surface area (Å²) in [7, 11) is 6.01. The van der Waals surface area contributed by atoms with Gasteiger partial charge in [-0.05, 0) is 32.1 Å². The molecule has 3 N–H and O–H groups in total. The Morgan fingerprint density at radius 3 is 1.89 bits per heavy atom. The molecule has 0 aromatic carbocycles. The smallest absolute Gasteiger partial charge is 0.308 e. The first kappa shape index (κ1) is 46.7. The van der Waals surface area contributed by atoms with E-state index in [1.807, 2.05) is 96.2 Å². The second-order valence-electron chi connectivity index (χ2n) is 15.3. The molecular formula is C43H70O10.